The Hall–Kier alpha value is -0.710. The van der Waals surface area contributed by atoms with E-state index in [2.05, 4.69) is 46.4 Å². The van der Waals surface area contributed by atoms with Gasteiger partial charge in [0.2, 0.25) is 0 Å². The predicted molar refractivity (Wildman–Crippen MR) is 93.5 cm³/mol. The van der Waals surface area contributed by atoms with E-state index >= 15 is 0 Å². The topological polar surface area (TPSA) is 15.7 Å². The lowest BCUT2D eigenvalue weighted by molar-refractivity contribution is 0.0376. The highest BCUT2D eigenvalue weighted by atomic mass is 32.2. The summed E-state index contributed by atoms with van der Waals surface area (Å²) in [5.41, 5.74) is 1.36. The first-order valence-corrected chi connectivity index (χ1v) is 9.38. The highest BCUT2D eigenvalue weighted by molar-refractivity contribution is 7.98. The second kappa shape index (κ2) is 10.1. The van der Waals surface area contributed by atoms with Crippen LogP contribution < -0.4 is 4.90 Å². The van der Waals surface area contributed by atoms with Gasteiger partial charge >= 0.3 is 0 Å². The van der Waals surface area contributed by atoms with Gasteiger partial charge in [-0.3, -0.25) is 4.90 Å². The van der Waals surface area contributed by atoms with E-state index in [1.165, 1.54) is 30.8 Å². The van der Waals surface area contributed by atoms with Crippen LogP contribution in [0.2, 0.25) is 0 Å². The van der Waals surface area contributed by atoms with Crippen LogP contribution in [0.25, 0.3) is 0 Å². The summed E-state index contributed by atoms with van der Waals surface area (Å²) in [4.78, 5) is 5.06. The molecule has 0 aromatic heterocycles. The van der Waals surface area contributed by atoms with Gasteiger partial charge in [-0.1, -0.05) is 18.2 Å². The molecule has 1 aliphatic rings. The molecule has 1 aromatic carbocycles. The minimum Gasteiger partial charge on any atom is -0.379 e. The average Bonchev–Trinajstić information content (AvgIpc) is 2.55. The molecule has 1 aliphatic heterocycles. The zero-order chi connectivity index (χ0) is 14.8. The van der Waals surface area contributed by atoms with Gasteiger partial charge in [-0.2, -0.15) is 11.8 Å². The standard InChI is InChI=1S/C17H28N2OS/c1-21-16-6-11-19(17-7-3-2-4-8-17)10-5-9-18-12-14-20-15-13-18/h2-4,7-8H,5-6,9-16H2,1H3. The number of hydrogen-bond donors (Lipinski definition) is 0. The van der Waals surface area contributed by atoms with Crippen molar-refractivity contribution in [3.8, 4) is 0 Å². The molecule has 0 aliphatic carbocycles. The molecule has 0 spiro atoms. The molecule has 0 bridgehead atoms. The van der Waals surface area contributed by atoms with Crippen LogP contribution in [0.4, 0.5) is 5.69 Å². The van der Waals surface area contributed by atoms with Gasteiger partial charge in [0.1, 0.15) is 0 Å². The highest BCUT2D eigenvalue weighted by Gasteiger charge is 2.11. The van der Waals surface area contributed by atoms with E-state index in [4.69, 9.17) is 4.74 Å². The van der Waals surface area contributed by atoms with Crippen molar-refractivity contribution in [2.75, 3.05) is 62.8 Å². The number of hydrogen-bond acceptors (Lipinski definition) is 4. The maximum absolute atomic E-state index is 5.41. The van der Waals surface area contributed by atoms with Crippen LogP contribution in [0.3, 0.4) is 0 Å². The van der Waals surface area contributed by atoms with Gasteiger partial charge in [0.05, 0.1) is 13.2 Å². The Labute approximate surface area is 133 Å². The average molecular weight is 308 g/mol. The van der Waals surface area contributed by atoms with E-state index in [0.29, 0.717) is 0 Å². The van der Waals surface area contributed by atoms with Crippen LogP contribution in [-0.4, -0.2) is 62.8 Å². The molecule has 0 amide bonds. The highest BCUT2D eigenvalue weighted by Crippen LogP contribution is 2.15. The first-order valence-electron chi connectivity index (χ1n) is 7.99. The minimum absolute atomic E-state index is 0.899. The number of rotatable bonds is 9. The Morgan fingerprint density at radius 3 is 2.52 bits per heavy atom. The van der Waals surface area contributed by atoms with Gasteiger partial charge in [-0.05, 0) is 37.0 Å². The zero-order valence-corrected chi connectivity index (χ0v) is 14.0. The van der Waals surface area contributed by atoms with Crippen molar-refractivity contribution in [1.29, 1.82) is 0 Å². The Balaban J connectivity index is 1.77. The molecule has 0 saturated carbocycles. The number of anilines is 1. The molecule has 2 rings (SSSR count). The van der Waals surface area contributed by atoms with Crippen molar-refractivity contribution in [1.82, 2.24) is 4.90 Å². The number of ether oxygens (including phenoxy) is 1. The molecule has 3 nitrogen and oxygen atoms in total. The number of para-hydroxylation sites is 1. The second-order valence-electron chi connectivity index (χ2n) is 5.48. The summed E-state index contributed by atoms with van der Waals surface area (Å²) >= 11 is 1.94. The van der Waals surface area contributed by atoms with Crippen molar-refractivity contribution in [2.45, 2.75) is 12.8 Å². The Morgan fingerprint density at radius 2 is 1.81 bits per heavy atom. The van der Waals surface area contributed by atoms with Crippen molar-refractivity contribution in [2.24, 2.45) is 0 Å². The third-order valence-electron chi connectivity index (χ3n) is 3.90. The maximum Gasteiger partial charge on any atom is 0.0594 e. The lowest BCUT2D eigenvalue weighted by Gasteiger charge is -2.29. The molecule has 4 heteroatoms. The van der Waals surface area contributed by atoms with Gasteiger partial charge in [0.15, 0.2) is 0 Å². The molecule has 1 saturated heterocycles. The van der Waals surface area contributed by atoms with E-state index in [9.17, 15) is 0 Å². The van der Waals surface area contributed by atoms with Crippen LogP contribution in [0.15, 0.2) is 30.3 Å². The van der Waals surface area contributed by atoms with Crippen molar-refractivity contribution < 1.29 is 4.74 Å². The molecule has 0 N–H and O–H groups in total. The van der Waals surface area contributed by atoms with E-state index in [0.717, 1.165) is 39.4 Å². The van der Waals surface area contributed by atoms with Crippen LogP contribution in [0, 0.1) is 0 Å². The van der Waals surface area contributed by atoms with Gasteiger partial charge in [0.25, 0.3) is 0 Å². The third-order valence-corrected chi connectivity index (χ3v) is 4.60. The van der Waals surface area contributed by atoms with E-state index in [1.807, 2.05) is 11.8 Å². The third kappa shape index (κ3) is 6.29. The number of nitrogens with zero attached hydrogens (tertiary/aromatic N) is 2. The van der Waals surface area contributed by atoms with Crippen LogP contribution in [-0.2, 0) is 4.74 Å². The quantitative estimate of drug-likeness (QED) is 0.652. The number of thioether (sulfide) groups is 1. The molecule has 118 valence electrons. The summed E-state index contributed by atoms with van der Waals surface area (Å²) in [6, 6.07) is 10.8. The largest absolute Gasteiger partial charge is 0.379 e. The summed E-state index contributed by atoms with van der Waals surface area (Å²) in [7, 11) is 0. The molecule has 0 atom stereocenters. The molecular weight excluding hydrogens is 280 g/mol. The molecule has 0 unspecified atom stereocenters. The van der Waals surface area contributed by atoms with Crippen LogP contribution in [0.5, 0.6) is 0 Å². The smallest absolute Gasteiger partial charge is 0.0594 e. The lowest BCUT2D eigenvalue weighted by Crippen LogP contribution is -2.38. The van der Waals surface area contributed by atoms with E-state index < -0.39 is 0 Å². The fourth-order valence-electron chi connectivity index (χ4n) is 2.72. The van der Waals surface area contributed by atoms with Gasteiger partial charge in [0, 0.05) is 38.4 Å². The number of morpholine rings is 1. The first kappa shape index (κ1) is 16.7. The predicted octanol–water partition coefficient (Wildman–Crippen LogP) is 2.97. The summed E-state index contributed by atoms with van der Waals surface area (Å²) in [5, 5.41) is 0. The summed E-state index contributed by atoms with van der Waals surface area (Å²) in [5.74, 6) is 1.24. The summed E-state index contributed by atoms with van der Waals surface area (Å²) < 4.78 is 5.41. The molecule has 0 radical (unpaired) electrons. The van der Waals surface area contributed by atoms with E-state index in [1.54, 1.807) is 0 Å². The Kier molecular flexibility index (Phi) is 8.00. The lowest BCUT2D eigenvalue weighted by atomic mass is 10.2. The maximum atomic E-state index is 5.41. The normalized spacial score (nSPS) is 16.0. The fourth-order valence-corrected chi connectivity index (χ4v) is 3.14. The monoisotopic (exact) mass is 308 g/mol. The fraction of sp³-hybridized carbons (Fsp3) is 0.647. The van der Waals surface area contributed by atoms with E-state index in [-0.39, 0.29) is 0 Å². The zero-order valence-electron chi connectivity index (χ0n) is 13.2. The Bertz CT molecular complexity index is 368. The van der Waals surface area contributed by atoms with Crippen molar-refractivity contribution in [3.05, 3.63) is 30.3 Å². The minimum atomic E-state index is 0.899. The summed E-state index contributed by atoms with van der Waals surface area (Å²) in [6.07, 6.45) is 4.67. The summed E-state index contributed by atoms with van der Waals surface area (Å²) in [6.45, 7) is 7.49. The van der Waals surface area contributed by atoms with Crippen molar-refractivity contribution in [3.63, 3.8) is 0 Å². The van der Waals surface area contributed by atoms with Gasteiger partial charge < -0.3 is 9.64 Å². The molecule has 1 heterocycles. The molecule has 21 heavy (non-hydrogen) atoms. The molecule has 1 fully saturated rings. The first-order chi connectivity index (χ1) is 10.4. The second-order valence-corrected chi connectivity index (χ2v) is 6.46. The van der Waals surface area contributed by atoms with Crippen LogP contribution >= 0.6 is 11.8 Å². The molecular formula is C17H28N2OS. The number of benzene rings is 1. The SMILES string of the molecule is CSCCCN(CCCN1CCOCC1)c1ccccc1. The van der Waals surface area contributed by atoms with Crippen LogP contribution in [0.1, 0.15) is 12.8 Å². The van der Waals surface area contributed by atoms with Gasteiger partial charge in [-0.15, -0.1) is 0 Å². The molecule has 1 aromatic rings. The van der Waals surface area contributed by atoms with Crippen molar-refractivity contribution >= 4 is 17.4 Å². The Morgan fingerprint density at radius 1 is 1.10 bits per heavy atom. The van der Waals surface area contributed by atoms with Gasteiger partial charge in [-0.25, -0.2) is 0 Å².